The molecular formula is C24H22F3N3O4. The number of alkyl halides is 3. The van der Waals surface area contributed by atoms with E-state index < -0.39 is 24.8 Å². The lowest BCUT2D eigenvalue weighted by molar-refractivity contribution is -0.200. The summed E-state index contributed by atoms with van der Waals surface area (Å²) < 4.78 is 47.7. The maximum absolute atomic E-state index is 13.2. The summed E-state index contributed by atoms with van der Waals surface area (Å²) in [5.41, 5.74) is 1.08. The molecule has 0 radical (unpaired) electrons. The van der Waals surface area contributed by atoms with Gasteiger partial charge in [0.05, 0.1) is 7.11 Å². The Bertz CT molecular complexity index is 1280. The summed E-state index contributed by atoms with van der Waals surface area (Å²) in [7, 11) is 1.51. The van der Waals surface area contributed by atoms with Gasteiger partial charge in [0.25, 0.3) is 5.56 Å². The first-order valence-corrected chi connectivity index (χ1v) is 10.3. The van der Waals surface area contributed by atoms with E-state index in [1.807, 2.05) is 30.3 Å². The zero-order valence-corrected chi connectivity index (χ0v) is 18.5. The number of nitriles is 1. The Morgan fingerprint density at radius 3 is 2.50 bits per heavy atom. The van der Waals surface area contributed by atoms with Crippen LogP contribution in [0.25, 0.3) is 21.9 Å². The van der Waals surface area contributed by atoms with E-state index in [1.165, 1.54) is 11.7 Å². The van der Waals surface area contributed by atoms with Crippen molar-refractivity contribution in [1.82, 2.24) is 9.88 Å². The third-order valence-corrected chi connectivity index (χ3v) is 5.17. The summed E-state index contributed by atoms with van der Waals surface area (Å²) in [4.78, 5) is 24.1. The van der Waals surface area contributed by atoms with Crippen LogP contribution in [0.4, 0.5) is 13.2 Å². The highest BCUT2D eigenvalue weighted by Crippen LogP contribution is 2.32. The number of halogens is 3. The predicted octanol–water partition coefficient (Wildman–Crippen LogP) is 3.63. The second-order valence-electron chi connectivity index (χ2n) is 7.52. The molecule has 10 heteroatoms. The molecule has 1 atom stereocenters. The van der Waals surface area contributed by atoms with Gasteiger partial charge in [-0.3, -0.25) is 9.36 Å². The fourth-order valence-electron chi connectivity index (χ4n) is 3.54. The summed E-state index contributed by atoms with van der Waals surface area (Å²) in [5, 5.41) is 13.9. The molecule has 1 unspecified atom stereocenters. The van der Waals surface area contributed by atoms with E-state index in [0.29, 0.717) is 22.1 Å². The highest BCUT2D eigenvalue weighted by atomic mass is 19.4. The first-order chi connectivity index (χ1) is 16.2. The number of rotatable bonds is 8. The normalized spacial score (nSPS) is 12.2. The van der Waals surface area contributed by atoms with E-state index >= 15 is 0 Å². The molecule has 1 N–H and O–H groups in total. The van der Waals surface area contributed by atoms with E-state index in [4.69, 9.17) is 4.74 Å². The van der Waals surface area contributed by atoms with Crippen LogP contribution in [0.5, 0.6) is 5.75 Å². The zero-order chi connectivity index (χ0) is 24.9. The highest BCUT2D eigenvalue weighted by Gasteiger charge is 2.41. The summed E-state index contributed by atoms with van der Waals surface area (Å²) in [6.07, 6.45) is -5.06. The number of pyridine rings is 1. The molecule has 3 aromatic rings. The molecule has 0 aliphatic rings. The monoisotopic (exact) mass is 473 g/mol. The molecule has 0 fully saturated rings. The molecule has 0 saturated carbocycles. The zero-order valence-electron chi connectivity index (χ0n) is 18.5. The maximum atomic E-state index is 13.2. The SMILES string of the molecule is COc1ccc2c(=O)n(CCNC(C)COC(=O)C(F)(F)F)c(C#N)c(-c3ccccc3)c2c1. The van der Waals surface area contributed by atoms with Gasteiger partial charge in [-0.05, 0) is 30.7 Å². The first kappa shape index (κ1) is 24.8. The lowest BCUT2D eigenvalue weighted by Crippen LogP contribution is -2.37. The number of ether oxygens (including phenoxy) is 2. The third kappa shape index (κ3) is 5.38. The number of nitrogens with zero attached hydrogens (tertiary/aromatic N) is 2. The summed E-state index contributed by atoms with van der Waals surface area (Å²) in [6.45, 7) is 1.27. The van der Waals surface area contributed by atoms with E-state index in [-0.39, 0.29) is 24.3 Å². The molecular weight excluding hydrogens is 451 g/mol. The van der Waals surface area contributed by atoms with Crippen molar-refractivity contribution in [2.45, 2.75) is 25.7 Å². The number of carbonyl (C=O) groups is 1. The Morgan fingerprint density at radius 1 is 1.18 bits per heavy atom. The lowest BCUT2D eigenvalue weighted by Gasteiger charge is -2.18. The number of nitrogens with one attached hydrogen (secondary N) is 1. The summed E-state index contributed by atoms with van der Waals surface area (Å²) >= 11 is 0. The molecule has 0 bridgehead atoms. The standard InChI is InChI=1S/C24H22F3N3O4/c1-15(14-34-23(32)24(25,26)27)29-10-11-30-20(13-28)21(16-6-4-3-5-7-16)19-12-17(33-2)8-9-18(19)22(30)31/h3-9,12,15,29H,10-11,14H2,1-2H3. The second kappa shape index (κ2) is 10.4. The van der Waals surface area contributed by atoms with Gasteiger partial charge in [-0.1, -0.05) is 30.3 Å². The van der Waals surface area contributed by atoms with Gasteiger partial charge in [-0.15, -0.1) is 0 Å². The van der Waals surface area contributed by atoms with Crippen LogP contribution in [0, 0.1) is 11.3 Å². The number of hydrogen-bond donors (Lipinski definition) is 1. The number of hydrogen-bond acceptors (Lipinski definition) is 6. The van der Waals surface area contributed by atoms with Crippen molar-refractivity contribution in [1.29, 1.82) is 5.26 Å². The van der Waals surface area contributed by atoms with Crippen molar-refractivity contribution in [3.63, 3.8) is 0 Å². The maximum Gasteiger partial charge on any atom is 0.490 e. The molecule has 0 aliphatic carbocycles. The second-order valence-corrected chi connectivity index (χ2v) is 7.52. The molecule has 0 aliphatic heterocycles. The lowest BCUT2D eigenvalue weighted by atomic mass is 9.97. The van der Waals surface area contributed by atoms with Crippen LogP contribution in [0.2, 0.25) is 0 Å². The van der Waals surface area contributed by atoms with E-state index in [9.17, 15) is 28.0 Å². The van der Waals surface area contributed by atoms with Crippen LogP contribution in [0.1, 0.15) is 12.6 Å². The number of esters is 1. The minimum absolute atomic E-state index is 0.0705. The molecule has 1 heterocycles. The van der Waals surface area contributed by atoms with Crippen molar-refractivity contribution < 1.29 is 27.4 Å². The fraction of sp³-hybridized carbons (Fsp3) is 0.292. The Labute approximate surface area is 193 Å². The molecule has 2 aromatic carbocycles. The predicted molar refractivity (Wildman–Crippen MR) is 119 cm³/mol. The van der Waals surface area contributed by atoms with Gasteiger partial charge in [0.2, 0.25) is 0 Å². The van der Waals surface area contributed by atoms with Gasteiger partial charge in [0, 0.05) is 35.5 Å². The Kier molecular flexibility index (Phi) is 7.58. The van der Waals surface area contributed by atoms with Crippen molar-refractivity contribution in [3.05, 3.63) is 64.6 Å². The minimum atomic E-state index is -5.06. The molecule has 0 spiro atoms. The van der Waals surface area contributed by atoms with Gasteiger partial charge < -0.3 is 14.8 Å². The quantitative estimate of drug-likeness (QED) is 0.503. The first-order valence-electron chi connectivity index (χ1n) is 10.3. The van der Waals surface area contributed by atoms with Crippen molar-refractivity contribution in [3.8, 4) is 22.9 Å². The Morgan fingerprint density at radius 2 is 1.88 bits per heavy atom. The molecule has 0 saturated heterocycles. The summed E-state index contributed by atoms with van der Waals surface area (Å²) in [6, 6.07) is 15.7. The van der Waals surface area contributed by atoms with Gasteiger partial charge in [0.15, 0.2) is 0 Å². The number of methoxy groups -OCH3 is 1. The van der Waals surface area contributed by atoms with Crippen molar-refractivity contribution in [2.24, 2.45) is 0 Å². The largest absolute Gasteiger partial charge is 0.497 e. The van der Waals surface area contributed by atoms with Crippen molar-refractivity contribution >= 4 is 16.7 Å². The van der Waals surface area contributed by atoms with E-state index in [0.717, 1.165) is 5.56 Å². The van der Waals surface area contributed by atoms with Crippen LogP contribution >= 0.6 is 0 Å². The smallest absolute Gasteiger partial charge is 0.490 e. The molecule has 34 heavy (non-hydrogen) atoms. The average molecular weight is 473 g/mol. The van der Waals surface area contributed by atoms with E-state index in [2.05, 4.69) is 16.1 Å². The molecule has 3 rings (SSSR count). The highest BCUT2D eigenvalue weighted by molar-refractivity contribution is 5.99. The number of carbonyl (C=O) groups excluding carboxylic acids is 1. The number of benzene rings is 2. The Hall–Kier alpha value is -3.84. The van der Waals surface area contributed by atoms with Crippen LogP contribution in [-0.2, 0) is 16.1 Å². The van der Waals surface area contributed by atoms with E-state index in [1.54, 1.807) is 25.1 Å². The fourth-order valence-corrected chi connectivity index (χ4v) is 3.54. The van der Waals surface area contributed by atoms with Crippen LogP contribution in [0.15, 0.2) is 53.3 Å². The number of fused-ring (bicyclic) bond motifs is 1. The number of aromatic nitrogens is 1. The topological polar surface area (TPSA) is 93.3 Å². The van der Waals surface area contributed by atoms with Crippen LogP contribution < -0.4 is 15.6 Å². The summed E-state index contributed by atoms with van der Waals surface area (Å²) in [5.74, 6) is -1.73. The van der Waals surface area contributed by atoms with Gasteiger partial charge in [0.1, 0.15) is 24.1 Å². The molecule has 178 valence electrons. The van der Waals surface area contributed by atoms with Gasteiger partial charge >= 0.3 is 12.1 Å². The minimum Gasteiger partial charge on any atom is -0.497 e. The van der Waals surface area contributed by atoms with Crippen molar-refractivity contribution in [2.75, 3.05) is 20.3 Å². The van der Waals surface area contributed by atoms with Gasteiger partial charge in [-0.25, -0.2) is 4.79 Å². The van der Waals surface area contributed by atoms with Gasteiger partial charge in [-0.2, -0.15) is 18.4 Å². The Balaban J connectivity index is 1.93. The molecule has 0 amide bonds. The third-order valence-electron chi connectivity index (χ3n) is 5.17. The molecule has 7 nitrogen and oxygen atoms in total. The van der Waals surface area contributed by atoms with Crippen LogP contribution in [-0.4, -0.2) is 43.0 Å². The average Bonchev–Trinajstić information content (AvgIpc) is 2.83. The van der Waals surface area contributed by atoms with Crippen LogP contribution in [0.3, 0.4) is 0 Å². The molecule has 1 aromatic heterocycles.